The first-order valence-corrected chi connectivity index (χ1v) is 5.29. The van der Waals surface area contributed by atoms with Crippen molar-refractivity contribution in [1.29, 1.82) is 5.41 Å². The second-order valence-corrected chi connectivity index (χ2v) is 4.81. The summed E-state index contributed by atoms with van der Waals surface area (Å²) in [7, 11) is -3.65. The Kier molecular flexibility index (Phi) is 2.18. The number of rotatable bonds is 2. The van der Waals surface area contributed by atoms with E-state index in [1.165, 1.54) is 11.4 Å². The highest BCUT2D eigenvalue weighted by molar-refractivity contribution is 7.91. The Balaban J connectivity index is 3.17. The molecule has 0 aliphatic heterocycles. The molecule has 0 spiro atoms. The van der Waals surface area contributed by atoms with E-state index in [1.807, 2.05) is 0 Å². The molecule has 0 aliphatic rings. The highest BCUT2D eigenvalue weighted by atomic mass is 32.2. The quantitative estimate of drug-likeness (QED) is 0.454. The predicted molar refractivity (Wildman–Crippen MR) is 46.7 cm³/mol. The number of thiophene rings is 1. The van der Waals surface area contributed by atoms with Crippen LogP contribution in [0.5, 0.6) is 0 Å². The standard InChI is InChI=1S/C5H7N3O2S2/c6-5(7)3-1-4(11-2-3)12(8,9)10/h1-2H,(H3,6,7)(H2,8,9,10). The summed E-state index contributed by atoms with van der Waals surface area (Å²) in [5.74, 6) is -0.166. The molecule has 5 nitrogen and oxygen atoms in total. The van der Waals surface area contributed by atoms with Crippen molar-refractivity contribution >= 4 is 27.2 Å². The first kappa shape index (κ1) is 9.17. The van der Waals surface area contributed by atoms with E-state index in [0.717, 1.165) is 11.3 Å². The van der Waals surface area contributed by atoms with Crippen LogP contribution in [0.2, 0.25) is 0 Å². The number of hydrogen-bond acceptors (Lipinski definition) is 4. The fourth-order valence-corrected chi connectivity index (χ4v) is 2.21. The number of hydrogen-bond donors (Lipinski definition) is 3. The smallest absolute Gasteiger partial charge is 0.247 e. The summed E-state index contributed by atoms with van der Waals surface area (Å²) >= 11 is 0.951. The third-order valence-electron chi connectivity index (χ3n) is 1.17. The fourth-order valence-electron chi connectivity index (χ4n) is 0.607. The predicted octanol–water partition coefficient (Wildman–Crippen LogP) is -0.320. The van der Waals surface area contributed by atoms with Gasteiger partial charge in [-0.1, -0.05) is 0 Å². The van der Waals surface area contributed by atoms with Gasteiger partial charge in [-0.3, -0.25) is 5.41 Å². The van der Waals surface area contributed by atoms with E-state index >= 15 is 0 Å². The van der Waals surface area contributed by atoms with Crippen molar-refractivity contribution in [2.45, 2.75) is 4.21 Å². The lowest BCUT2D eigenvalue weighted by Crippen LogP contribution is -2.12. The maximum Gasteiger partial charge on any atom is 0.247 e. The van der Waals surface area contributed by atoms with E-state index < -0.39 is 10.0 Å². The van der Waals surface area contributed by atoms with Crippen LogP contribution in [0, 0.1) is 5.41 Å². The Labute approximate surface area is 73.6 Å². The molecule has 0 fully saturated rings. The minimum absolute atomic E-state index is 0.0210. The molecule has 0 unspecified atom stereocenters. The molecular formula is C5H7N3O2S2. The average Bonchev–Trinajstić information content (AvgIpc) is 2.30. The molecule has 66 valence electrons. The molecular weight excluding hydrogens is 198 g/mol. The second-order valence-electron chi connectivity index (χ2n) is 2.11. The summed E-state index contributed by atoms with van der Waals surface area (Å²) < 4.78 is 21.5. The Morgan fingerprint density at radius 2 is 2.17 bits per heavy atom. The Bertz CT molecular complexity index is 406. The lowest BCUT2D eigenvalue weighted by Gasteiger charge is -1.89. The number of sulfonamides is 1. The van der Waals surface area contributed by atoms with Gasteiger partial charge in [0.2, 0.25) is 10.0 Å². The molecule has 0 aliphatic carbocycles. The molecule has 0 radical (unpaired) electrons. The Morgan fingerprint density at radius 1 is 1.58 bits per heavy atom. The summed E-state index contributed by atoms with van der Waals surface area (Å²) in [5, 5.41) is 13.3. The minimum atomic E-state index is -3.65. The molecule has 0 amide bonds. The molecule has 1 rings (SSSR count). The van der Waals surface area contributed by atoms with Gasteiger partial charge < -0.3 is 5.73 Å². The monoisotopic (exact) mass is 205 g/mol. The minimum Gasteiger partial charge on any atom is -0.384 e. The van der Waals surface area contributed by atoms with E-state index in [2.05, 4.69) is 0 Å². The van der Waals surface area contributed by atoms with Crippen LogP contribution in [0.25, 0.3) is 0 Å². The number of amidine groups is 1. The van der Waals surface area contributed by atoms with Gasteiger partial charge in [-0.25, -0.2) is 13.6 Å². The van der Waals surface area contributed by atoms with Crippen LogP contribution in [0.4, 0.5) is 0 Å². The van der Waals surface area contributed by atoms with Crippen molar-refractivity contribution < 1.29 is 8.42 Å². The van der Waals surface area contributed by atoms with Gasteiger partial charge in [0.15, 0.2) is 0 Å². The Hall–Kier alpha value is -0.920. The topological polar surface area (TPSA) is 110 Å². The van der Waals surface area contributed by atoms with Crippen molar-refractivity contribution in [3.63, 3.8) is 0 Å². The molecule has 0 bridgehead atoms. The van der Waals surface area contributed by atoms with Gasteiger partial charge in [0.1, 0.15) is 10.0 Å². The number of nitrogen functional groups attached to an aromatic ring is 1. The fraction of sp³-hybridized carbons (Fsp3) is 0. The highest BCUT2D eigenvalue weighted by Gasteiger charge is 2.11. The van der Waals surface area contributed by atoms with Crippen molar-refractivity contribution in [2.75, 3.05) is 0 Å². The summed E-state index contributed by atoms with van der Waals surface area (Å²) in [6, 6.07) is 1.28. The summed E-state index contributed by atoms with van der Waals surface area (Å²) in [5.41, 5.74) is 5.50. The SMILES string of the molecule is N=C(N)c1csc(S(N)(=O)=O)c1. The molecule has 7 heteroatoms. The maximum absolute atomic E-state index is 10.7. The zero-order chi connectivity index (χ0) is 9.35. The lowest BCUT2D eigenvalue weighted by molar-refractivity contribution is 0.600. The van der Waals surface area contributed by atoms with Crippen LogP contribution >= 0.6 is 11.3 Å². The summed E-state index contributed by atoms with van der Waals surface area (Å²) in [6.07, 6.45) is 0. The number of primary sulfonamides is 1. The Morgan fingerprint density at radius 3 is 2.42 bits per heavy atom. The van der Waals surface area contributed by atoms with Crippen LogP contribution in [0.3, 0.4) is 0 Å². The van der Waals surface area contributed by atoms with Gasteiger partial charge in [0.05, 0.1) is 0 Å². The third kappa shape index (κ3) is 1.81. The van der Waals surface area contributed by atoms with Crippen molar-refractivity contribution in [2.24, 2.45) is 10.9 Å². The maximum atomic E-state index is 10.7. The normalized spacial score (nSPS) is 11.4. The lowest BCUT2D eigenvalue weighted by atomic mass is 10.3. The van der Waals surface area contributed by atoms with Crippen LogP contribution in [0.1, 0.15) is 5.56 Å². The van der Waals surface area contributed by atoms with Gasteiger partial charge in [-0.15, -0.1) is 11.3 Å². The zero-order valence-electron chi connectivity index (χ0n) is 5.94. The molecule has 1 aromatic rings. The van der Waals surface area contributed by atoms with E-state index in [1.54, 1.807) is 0 Å². The molecule has 12 heavy (non-hydrogen) atoms. The van der Waals surface area contributed by atoms with E-state index in [9.17, 15) is 8.42 Å². The molecule has 1 aromatic heterocycles. The largest absolute Gasteiger partial charge is 0.384 e. The van der Waals surface area contributed by atoms with Gasteiger partial charge in [0, 0.05) is 10.9 Å². The van der Waals surface area contributed by atoms with Crippen LogP contribution < -0.4 is 10.9 Å². The molecule has 0 atom stereocenters. The zero-order valence-corrected chi connectivity index (χ0v) is 7.58. The van der Waals surface area contributed by atoms with Crippen molar-refractivity contribution in [1.82, 2.24) is 0 Å². The van der Waals surface area contributed by atoms with Crippen molar-refractivity contribution in [3.05, 3.63) is 17.0 Å². The number of nitrogens with two attached hydrogens (primary N) is 2. The van der Waals surface area contributed by atoms with E-state index in [0.29, 0.717) is 5.56 Å². The number of nitrogens with one attached hydrogen (secondary N) is 1. The summed E-state index contributed by atoms with van der Waals surface area (Å²) in [6.45, 7) is 0. The van der Waals surface area contributed by atoms with Gasteiger partial charge in [-0.2, -0.15) is 0 Å². The van der Waals surface area contributed by atoms with Gasteiger partial charge >= 0.3 is 0 Å². The third-order valence-corrected chi connectivity index (χ3v) is 3.55. The molecule has 0 aromatic carbocycles. The first-order chi connectivity index (χ1) is 5.41. The molecule has 5 N–H and O–H groups in total. The highest BCUT2D eigenvalue weighted by Crippen LogP contribution is 2.17. The van der Waals surface area contributed by atoms with Gasteiger partial charge in [-0.05, 0) is 6.07 Å². The van der Waals surface area contributed by atoms with Gasteiger partial charge in [0.25, 0.3) is 0 Å². The second kappa shape index (κ2) is 2.85. The first-order valence-electron chi connectivity index (χ1n) is 2.87. The van der Waals surface area contributed by atoms with Crippen LogP contribution in [-0.4, -0.2) is 14.3 Å². The molecule has 0 saturated heterocycles. The van der Waals surface area contributed by atoms with E-state index in [4.69, 9.17) is 16.3 Å². The average molecular weight is 205 g/mol. The van der Waals surface area contributed by atoms with Crippen LogP contribution in [-0.2, 0) is 10.0 Å². The van der Waals surface area contributed by atoms with Crippen LogP contribution in [0.15, 0.2) is 15.7 Å². The van der Waals surface area contributed by atoms with E-state index in [-0.39, 0.29) is 10.0 Å². The van der Waals surface area contributed by atoms with Crippen molar-refractivity contribution in [3.8, 4) is 0 Å². The molecule has 0 saturated carbocycles. The summed E-state index contributed by atoms with van der Waals surface area (Å²) in [4.78, 5) is 0. The molecule has 1 heterocycles.